The molecule has 21 heavy (non-hydrogen) atoms. The van der Waals surface area contributed by atoms with Crippen molar-refractivity contribution in [1.82, 2.24) is 0 Å². The molecule has 1 amide bonds. The molecular formula is C15H11FN2O3. The maximum absolute atomic E-state index is 13.4. The number of nitrogens with zero attached hydrogens (tertiary/aromatic N) is 1. The number of hydrogen-bond donors (Lipinski definition) is 1. The van der Waals surface area contributed by atoms with Gasteiger partial charge < -0.3 is 5.32 Å². The van der Waals surface area contributed by atoms with Crippen molar-refractivity contribution in [1.29, 1.82) is 0 Å². The highest BCUT2D eigenvalue weighted by molar-refractivity contribution is 6.02. The summed E-state index contributed by atoms with van der Waals surface area (Å²) < 4.78 is 13.4. The van der Waals surface area contributed by atoms with E-state index in [1.807, 2.05) is 0 Å². The van der Waals surface area contributed by atoms with Crippen molar-refractivity contribution in [3.8, 4) is 0 Å². The molecule has 106 valence electrons. The Hall–Kier alpha value is -3.02. The molecule has 2 aromatic carbocycles. The Labute approximate surface area is 119 Å². The van der Waals surface area contributed by atoms with Crippen LogP contribution < -0.4 is 5.32 Å². The van der Waals surface area contributed by atoms with Gasteiger partial charge in [0.15, 0.2) is 0 Å². The fourth-order valence-corrected chi connectivity index (χ4v) is 1.66. The van der Waals surface area contributed by atoms with Crippen LogP contribution in [0.25, 0.3) is 6.08 Å². The summed E-state index contributed by atoms with van der Waals surface area (Å²) >= 11 is 0. The van der Waals surface area contributed by atoms with Gasteiger partial charge in [-0.2, -0.15) is 0 Å². The molecule has 0 aromatic heterocycles. The Kier molecular flexibility index (Phi) is 4.40. The van der Waals surface area contributed by atoms with Crippen molar-refractivity contribution >= 4 is 23.4 Å². The lowest BCUT2D eigenvalue weighted by Crippen LogP contribution is -2.07. The fraction of sp³-hybridized carbons (Fsp3) is 0. The molecule has 0 radical (unpaired) electrons. The van der Waals surface area contributed by atoms with Crippen LogP contribution in [0.5, 0.6) is 0 Å². The number of hydrogen-bond acceptors (Lipinski definition) is 3. The summed E-state index contributed by atoms with van der Waals surface area (Å²) in [5.74, 6) is -0.935. The maximum Gasteiger partial charge on any atom is 0.271 e. The molecule has 2 aromatic rings. The summed E-state index contributed by atoms with van der Waals surface area (Å²) in [6.45, 7) is 0. The summed E-state index contributed by atoms with van der Waals surface area (Å²) in [7, 11) is 0. The van der Waals surface area contributed by atoms with Crippen LogP contribution in [-0.4, -0.2) is 10.8 Å². The molecule has 0 saturated carbocycles. The fourth-order valence-electron chi connectivity index (χ4n) is 1.66. The number of nitro groups is 1. The van der Waals surface area contributed by atoms with Gasteiger partial charge in [0.05, 0.1) is 4.92 Å². The highest BCUT2D eigenvalue weighted by Crippen LogP contribution is 2.17. The van der Waals surface area contributed by atoms with E-state index >= 15 is 0 Å². The van der Waals surface area contributed by atoms with Gasteiger partial charge in [-0.15, -0.1) is 0 Å². The Bertz CT molecular complexity index is 714. The van der Waals surface area contributed by atoms with Crippen LogP contribution in [0.3, 0.4) is 0 Å². The van der Waals surface area contributed by atoms with Crippen LogP contribution >= 0.6 is 0 Å². The number of rotatable bonds is 4. The predicted octanol–water partition coefficient (Wildman–Crippen LogP) is 3.39. The number of carbonyl (C=O) groups excluding carboxylic acids is 1. The molecule has 0 aliphatic rings. The zero-order chi connectivity index (χ0) is 15.2. The lowest BCUT2D eigenvalue weighted by Gasteiger charge is -2.01. The van der Waals surface area contributed by atoms with Crippen LogP contribution in [0, 0.1) is 15.9 Å². The number of carbonyl (C=O) groups is 1. The van der Waals surface area contributed by atoms with Crippen LogP contribution in [0.15, 0.2) is 54.6 Å². The molecule has 0 atom stereocenters. The van der Waals surface area contributed by atoms with E-state index in [2.05, 4.69) is 5.32 Å². The number of benzene rings is 2. The van der Waals surface area contributed by atoms with Gasteiger partial charge in [-0.3, -0.25) is 14.9 Å². The third-order valence-corrected chi connectivity index (χ3v) is 2.64. The van der Waals surface area contributed by atoms with Crippen LogP contribution in [0.4, 0.5) is 15.8 Å². The van der Waals surface area contributed by atoms with Crippen molar-refractivity contribution in [2.24, 2.45) is 0 Å². The van der Waals surface area contributed by atoms with E-state index in [0.717, 1.165) is 6.08 Å². The van der Waals surface area contributed by atoms with E-state index in [-0.39, 0.29) is 11.3 Å². The smallest absolute Gasteiger partial charge is 0.271 e. The van der Waals surface area contributed by atoms with Gasteiger partial charge in [-0.05, 0) is 18.2 Å². The van der Waals surface area contributed by atoms with Crippen LogP contribution in [0.1, 0.15) is 5.56 Å². The summed E-state index contributed by atoms with van der Waals surface area (Å²) in [5, 5.41) is 13.1. The molecule has 1 N–H and O–H groups in total. The Morgan fingerprint density at radius 3 is 2.67 bits per heavy atom. The normalized spacial score (nSPS) is 10.5. The molecule has 0 aliphatic carbocycles. The topological polar surface area (TPSA) is 72.2 Å². The Balaban J connectivity index is 2.07. The van der Waals surface area contributed by atoms with Gasteiger partial charge in [-0.25, -0.2) is 4.39 Å². The third kappa shape index (κ3) is 3.97. The van der Waals surface area contributed by atoms with Crippen molar-refractivity contribution < 1.29 is 14.1 Å². The average Bonchev–Trinajstić information content (AvgIpc) is 2.46. The summed E-state index contributed by atoms with van der Waals surface area (Å²) in [4.78, 5) is 21.8. The molecule has 0 fully saturated rings. The van der Waals surface area contributed by atoms with Gasteiger partial charge >= 0.3 is 0 Å². The predicted molar refractivity (Wildman–Crippen MR) is 77.2 cm³/mol. The molecule has 0 aliphatic heterocycles. The Morgan fingerprint density at radius 1 is 1.19 bits per heavy atom. The van der Waals surface area contributed by atoms with E-state index in [0.29, 0.717) is 5.69 Å². The van der Waals surface area contributed by atoms with Crippen molar-refractivity contribution in [3.63, 3.8) is 0 Å². The van der Waals surface area contributed by atoms with E-state index < -0.39 is 16.6 Å². The molecule has 2 rings (SSSR count). The summed E-state index contributed by atoms with van der Waals surface area (Å²) in [6.07, 6.45) is 2.50. The number of amides is 1. The van der Waals surface area contributed by atoms with E-state index in [1.165, 1.54) is 42.5 Å². The Morgan fingerprint density at radius 2 is 1.95 bits per heavy atom. The van der Waals surface area contributed by atoms with Gasteiger partial charge in [0.2, 0.25) is 5.91 Å². The molecule has 0 spiro atoms. The maximum atomic E-state index is 13.4. The molecule has 0 heterocycles. The highest BCUT2D eigenvalue weighted by Gasteiger charge is 2.06. The number of non-ortho nitro benzene ring substituents is 1. The van der Waals surface area contributed by atoms with Gasteiger partial charge in [0.1, 0.15) is 5.82 Å². The van der Waals surface area contributed by atoms with E-state index in [4.69, 9.17) is 0 Å². The molecular weight excluding hydrogens is 275 g/mol. The van der Waals surface area contributed by atoms with E-state index in [1.54, 1.807) is 12.1 Å². The first-order chi connectivity index (χ1) is 10.1. The highest BCUT2D eigenvalue weighted by atomic mass is 19.1. The molecule has 5 nitrogen and oxygen atoms in total. The van der Waals surface area contributed by atoms with Crippen LogP contribution in [0.2, 0.25) is 0 Å². The van der Waals surface area contributed by atoms with Crippen LogP contribution in [-0.2, 0) is 4.79 Å². The van der Waals surface area contributed by atoms with Crippen molar-refractivity contribution in [2.45, 2.75) is 0 Å². The molecule has 0 saturated heterocycles. The summed E-state index contributed by atoms with van der Waals surface area (Å²) in [5.41, 5.74) is 0.463. The summed E-state index contributed by atoms with van der Waals surface area (Å²) in [6, 6.07) is 11.6. The monoisotopic (exact) mass is 286 g/mol. The number of nitrogens with one attached hydrogen (secondary N) is 1. The quantitative estimate of drug-likeness (QED) is 0.532. The van der Waals surface area contributed by atoms with Crippen molar-refractivity contribution in [3.05, 3.63) is 76.1 Å². The number of anilines is 1. The molecule has 6 heteroatoms. The third-order valence-electron chi connectivity index (χ3n) is 2.64. The first kappa shape index (κ1) is 14.4. The largest absolute Gasteiger partial charge is 0.322 e. The SMILES string of the molecule is O=C(/C=C/c1ccccc1F)Nc1cccc([N+](=O)[O-])c1. The standard InChI is InChI=1S/C15H11FN2O3/c16-14-7-2-1-4-11(14)8-9-15(19)17-12-5-3-6-13(10-12)18(20)21/h1-10H,(H,17,19)/b9-8+. The second kappa shape index (κ2) is 6.42. The van der Waals surface area contributed by atoms with Gasteiger partial charge in [0.25, 0.3) is 5.69 Å². The second-order valence-corrected chi connectivity index (χ2v) is 4.15. The minimum atomic E-state index is -0.551. The van der Waals surface area contributed by atoms with Gasteiger partial charge in [-0.1, -0.05) is 24.3 Å². The zero-order valence-corrected chi connectivity index (χ0v) is 10.8. The zero-order valence-electron chi connectivity index (χ0n) is 10.8. The number of nitro benzene ring substituents is 1. The lowest BCUT2D eigenvalue weighted by molar-refractivity contribution is -0.384. The minimum absolute atomic E-state index is 0.120. The van der Waals surface area contributed by atoms with Gasteiger partial charge in [0, 0.05) is 29.5 Å². The lowest BCUT2D eigenvalue weighted by atomic mass is 10.2. The average molecular weight is 286 g/mol. The van der Waals surface area contributed by atoms with Crippen molar-refractivity contribution in [2.75, 3.05) is 5.32 Å². The minimum Gasteiger partial charge on any atom is -0.322 e. The first-order valence-corrected chi connectivity index (χ1v) is 6.04. The molecule has 0 bridgehead atoms. The number of halogens is 1. The van der Waals surface area contributed by atoms with E-state index in [9.17, 15) is 19.3 Å². The first-order valence-electron chi connectivity index (χ1n) is 6.04. The molecule has 0 unspecified atom stereocenters. The second-order valence-electron chi connectivity index (χ2n) is 4.15.